The number of methoxy groups -OCH3 is 2. The zero-order valence-corrected chi connectivity index (χ0v) is 15.6. The maximum atomic E-state index is 11.0. The molecule has 3 aromatic rings. The lowest BCUT2D eigenvalue weighted by atomic mass is 10.1. The van der Waals surface area contributed by atoms with Crippen molar-refractivity contribution in [1.82, 2.24) is 0 Å². The molecule has 0 bridgehead atoms. The zero-order valence-electron chi connectivity index (χ0n) is 15.6. The van der Waals surface area contributed by atoms with Crippen molar-refractivity contribution in [2.24, 2.45) is 0 Å². The summed E-state index contributed by atoms with van der Waals surface area (Å²) in [5, 5.41) is 17.3. The number of rotatable bonds is 2. The molecule has 0 saturated heterocycles. The lowest BCUT2D eigenvalue weighted by Gasteiger charge is -2.00. The van der Waals surface area contributed by atoms with E-state index in [9.17, 15) is 9.59 Å². The third-order valence-electron chi connectivity index (χ3n) is 3.24. The predicted molar refractivity (Wildman–Crippen MR) is 105 cm³/mol. The molecule has 0 aliphatic rings. The molecule has 6 heteroatoms. The second-order valence-electron chi connectivity index (χ2n) is 5.23. The summed E-state index contributed by atoms with van der Waals surface area (Å²) in [5.41, 5.74) is 0.806. The van der Waals surface area contributed by atoms with Gasteiger partial charge >= 0.3 is 11.9 Å². The highest BCUT2D eigenvalue weighted by molar-refractivity contribution is 5.93. The predicted octanol–water partition coefficient (Wildman–Crippen LogP) is 4.04. The Labute approximate surface area is 163 Å². The van der Waals surface area contributed by atoms with Crippen LogP contribution in [0.5, 0.6) is 11.5 Å². The number of hydrogen-bond acceptors (Lipinski definition) is 6. The highest BCUT2D eigenvalue weighted by atomic mass is 16.5. The van der Waals surface area contributed by atoms with Crippen LogP contribution in [0.1, 0.15) is 20.7 Å². The van der Waals surface area contributed by atoms with Crippen LogP contribution in [-0.4, -0.2) is 36.4 Å². The normalized spacial score (nSPS) is 8.93. The fraction of sp³-hybridized carbons (Fsp3) is 0.0909. The zero-order chi connectivity index (χ0) is 20.8. The molecule has 28 heavy (non-hydrogen) atoms. The molecule has 0 saturated carbocycles. The molecule has 0 fully saturated rings. The number of phenols is 2. The van der Waals surface area contributed by atoms with Crippen molar-refractivity contribution in [1.29, 1.82) is 0 Å². The maximum Gasteiger partial charge on any atom is 0.337 e. The first-order chi connectivity index (χ1) is 13.5. The van der Waals surface area contributed by atoms with Gasteiger partial charge in [-0.2, -0.15) is 0 Å². The van der Waals surface area contributed by atoms with Crippen LogP contribution in [0.2, 0.25) is 0 Å². The molecule has 3 rings (SSSR count). The molecule has 146 valence electrons. The van der Waals surface area contributed by atoms with Crippen molar-refractivity contribution in [3.05, 3.63) is 96.1 Å². The summed E-state index contributed by atoms with van der Waals surface area (Å²) >= 11 is 0. The largest absolute Gasteiger partial charge is 0.508 e. The second-order valence-corrected chi connectivity index (χ2v) is 5.23. The monoisotopic (exact) mass is 382 g/mol. The molecule has 0 amide bonds. The van der Waals surface area contributed by atoms with E-state index in [-0.39, 0.29) is 0 Å². The number of hydrogen-bond donors (Lipinski definition) is 2. The third kappa shape index (κ3) is 8.53. The lowest BCUT2D eigenvalue weighted by molar-refractivity contribution is 0.0586. The van der Waals surface area contributed by atoms with Gasteiger partial charge in [0.15, 0.2) is 0 Å². The molecule has 0 atom stereocenters. The topological polar surface area (TPSA) is 93.1 Å². The number of carbonyl (C=O) groups excluding carboxylic acids is 2. The molecule has 0 spiro atoms. The molecule has 2 N–H and O–H groups in total. The van der Waals surface area contributed by atoms with Crippen molar-refractivity contribution in [3.8, 4) is 11.5 Å². The van der Waals surface area contributed by atoms with E-state index in [1.165, 1.54) is 38.5 Å². The van der Waals surface area contributed by atoms with E-state index in [1.807, 2.05) is 12.1 Å². The van der Waals surface area contributed by atoms with Gasteiger partial charge in [0.25, 0.3) is 0 Å². The number of para-hydroxylation sites is 2. The van der Waals surface area contributed by atoms with E-state index in [0.717, 1.165) is 0 Å². The highest BCUT2D eigenvalue weighted by Crippen LogP contribution is 2.06. The quantitative estimate of drug-likeness (QED) is 0.650. The van der Waals surface area contributed by atoms with E-state index in [4.69, 9.17) is 10.2 Å². The first-order valence-electron chi connectivity index (χ1n) is 8.22. The van der Waals surface area contributed by atoms with E-state index in [0.29, 0.717) is 22.6 Å². The minimum Gasteiger partial charge on any atom is -0.508 e. The summed E-state index contributed by atoms with van der Waals surface area (Å²) in [7, 11) is 2.60. The fourth-order valence-electron chi connectivity index (χ4n) is 1.83. The molecule has 0 aliphatic carbocycles. The molecular formula is C22H22O6. The second kappa shape index (κ2) is 12.5. The molecule has 0 aromatic heterocycles. The van der Waals surface area contributed by atoms with Gasteiger partial charge in [-0.25, -0.2) is 9.59 Å². The van der Waals surface area contributed by atoms with Gasteiger partial charge in [-0.1, -0.05) is 36.4 Å². The minimum atomic E-state index is -0.429. The number of ether oxygens (including phenoxy) is 2. The summed E-state index contributed by atoms with van der Waals surface area (Å²) < 4.78 is 9.02. The van der Waals surface area contributed by atoms with Crippen LogP contribution in [0.15, 0.2) is 84.9 Å². The molecule has 0 heterocycles. The number of carbonyl (C=O) groups is 2. The Balaban J connectivity index is 0.000000233. The minimum absolute atomic E-state index is 0.322. The van der Waals surface area contributed by atoms with Gasteiger partial charge in [0, 0.05) is 0 Å². The first-order valence-corrected chi connectivity index (χ1v) is 8.22. The number of phenolic OH excluding ortho intramolecular Hbond substituents is 2. The molecule has 0 aliphatic heterocycles. The van der Waals surface area contributed by atoms with Gasteiger partial charge in [0.2, 0.25) is 0 Å². The van der Waals surface area contributed by atoms with Gasteiger partial charge in [-0.15, -0.1) is 0 Å². The summed E-state index contributed by atoms with van der Waals surface area (Å²) in [6.45, 7) is 0. The van der Waals surface area contributed by atoms with Gasteiger partial charge in [0.1, 0.15) is 11.5 Å². The van der Waals surface area contributed by atoms with Crippen LogP contribution in [0.3, 0.4) is 0 Å². The van der Waals surface area contributed by atoms with Crippen LogP contribution in [0.4, 0.5) is 0 Å². The maximum absolute atomic E-state index is 11.0. The standard InChI is InChI=1S/C10H10O4.2C6H6O/c1-13-9(11)7-3-5-8(6-4-7)10(12)14-2;2*7-6-4-2-1-3-5-6/h3-6H,1-2H3;2*1-5,7H. The van der Waals surface area contributed by atoms with Crippen molar-refractivity contribution in [2.75, 3.05) is 14.2 Å². The average Bonchev–Trinajstić information content (AvgIpc) is 2.75. The van der Waals surface area contributed by atoms with E-state index in [2.05, 4.69) is 9.47 Å². The molecular weight excluding hydrogens is 360 g/mol. The highest BCUT2D eigenvalue weighted by Gasteiger charge is 2.08. The van der Waals surface area contributed by atoms with Crippen LogP contribution >= 0.6 is 0 Å². The molecule has 3 aromatic carbocycles. The molecule has 0 radical (unpaired) electrons. The first kappa shape index (κ1) is 22.2. The summed E-state index contributed by atoms with van der Waals surface area (Å²) in [6.07, 6.45) is 0. The Morgan fingerprint density at radius 3 is 1.04 bits per heavy atom. The summed E-state index contributed by atoms with van der Waals surface area (Å²) in [4.78, 5) is 22.1. The van der Waals surface area contributed by atoms with E-state index in [1.54, 1.807) is 48.5 Å². The molecule has 0 unspecified atom stereocenters. The lowest BCUT2D eigenvalue weighted by Crippen LogP contribution is -2.04. The van der Waals surface area contributed by atoms with Gasteiger partial charge in [-0.3, -0.25) is 0 Å². The Hall–Kier alpha value is -3.80. The van der Waals surface area contributed by atoms with E-state index >= 15 is 0 Å². The third-order valence-corrected chi connectivity index (χ3v) is 3.24. The van der Waals surface area contributed by atoms with Gasteiger partial charge < -0.3 is 19.7 Å². The number of aromatic hydroxyl groups is 2. The Kier molecular flexibility index (Phi) is 9.96. The van der Waals surface area contributed by atoms with Crippen molar-refractivity contribution in [2.45, 2.75) is 0 Å². The Morgan fingerprint density at radius 2 is 0.857 bits per heavy atom. The fourth-order valence-corrected chi connectivity index (χ4v) is 1.83. The smallest absolute Gasteiger partial charge is 0.337 e. The molecule has 6 nitrogen and oxygen atoms in total. The van der Waals surface area contributed by atoms with Crippen LogP contribution in [0, 0.1) is 0 Å². The van der Waals surface area contributed by atoms with Crippen LogP contribution in [-0.2, 0) is 9.47 Å². The van der Waals surface area contributed by atoms with Crippen LogP contribution < -0.4 is 0 Å². The van der Waals surface area contributed by atoms with Crippen molar-refractivity contribution < 1.29 is 29.3 Å². The SMILES string of the molecule is COC(=O)c1ccc(C(=O)OC)cc1.Oc1ccccc1.Oc1ccccc1. The Morgan fingerprint density at radius 1 is 0.571 bits per heavy atom. The van der Waals surface area contributed by atoms with Gasteiger partial charge in [-0.05, 0) is 48.5 Å². The van der Waals surface area contributed by atoms with Crippen LogP contribution in [0.25, 0.3) is 0 Å². The number of benzene rings is 3. The Bertz CT molecular complexity index is 757. The summed E-state index contributed by atoms with van der Waals surface area (Å²) in [5.74, 6) is -0.215. The summed E-state index contributed by atoms with van der Waals surface area (Å²) in [6, 6.07) is 23.5. The van der Waals surface area contributed by atoms with E-state index < -0.39 is 11.9 Å². The van der Waals surface area contributed by atoms with Crippen molar-refractivity contribution >= 4 is 11.9 Å². The van der Waals surface area contributed by atoms with Crippen molar-refractivity contribution in [3.63, 3.8) is 0 Å². The van der Waals surface area contributed by atoms with Gasteiger partial charge in [0.05, 0.1) is 25.3 Å². The number of esters is 2. The average molecular weight is 382 g/mol.